The van der Waals surface area contributed by atoms with Crippen LogP contribution in [0.4, 0.5) is 11.4 Å². The van der Waals surface area contributed by atoms with Crippen molar-refractivity contribution in [2.75, 3.05) is 36.9 Å². The van der Waals surface area contributed by atoms with Crippen molar-refractivity contribution < 1.29 is 45.0 Å². The fourth-order valence-electron chi connectivity index (χ4n) is 3.31. The van der Waals surface area contributed by atoms with Gasteiger partial charge in [0.2, 0.25) is 11.6 Å². The fourth-order valence-corrected chi connectivity index (χ4v) is 5.08. The Labute approximate surface area is 238 Å². The number of hydrogen-bond acceptors (Lipinski definition) is 12. The zero-order valence-electron chi connectivity index (χ0n) is 20.2. The zero-order chi connectivity index (χ0) is 29.8. The van der Waals surface area contributed by atoms with Gasteiger partial charge in [0.05, 0.1) is 0 Å². The third kappa shape index (κ3) is 7.10. The SMILES string of the molecule is NCCOc1ccc(NC2=C(Cl)C(=O)C(Nc3ccc(OCCN)c(S(=O)(=O)O)c3)=C(Cl)C2=O)cc1S(=O)(=O)O. The molecule has 0 amide bonds. The van der Waals surface area contributed by atoms with Crippen LogP contribution in [0, 0.1) is 0 Å². The lowest BCUT2D eigenvalue weighted by atomic mass is 10.0. The zero-order valence-corrected chi connectivity index (χ0v) is 23.3. The first-order valence-electron chi connectivity index (χ1n) is 11.0. The number of anilines is 2. The van der Waals surface area contributed by atoms with Crippen molar-refractivity contribution in [3.63, 3.8) is 0 Å². The van der Waals surface area contributed by atoms with Crippen molar-refractivity contribution in [2.24, 2.45) is 11.5 Å². The second kappa shape index (κ2) is 12.5. The van der Waals surface area contributed by atoms with Gasteiger partial charge in [0.1, 0.15) is 56.0 Å². The highest BCUT2D eigenvalue weighted by Crippen LogP contribution is 2.34. The van der Waals surface area contributed by atoms with E-state index in [9.17, 15) is 35.5 Å². The first-order valence-corrected chi connectivity index (χ1v) is 14.6. The van der Waals surface area contributed by atoms with Crippen LogP contribution in [0.15, 0.2) is 67.6 Å². The summed E-state index contributed by atoms with van der Waals surface area (Å²) in [5, 5.41) is 3.73. The van der Waals surface area contributed by atoms with E-state index in [0.29, 0.717) is 0 Å². The first kappa shape index (κ1) is 31.3. The Balaban J connectivity index is 1.94. The van der Waals surface area contributed by atoms with Crippen molar-refractivity contribution in [1.29, 1.82) is 0 Å². The number of hydrogen-bond donors (Lipinski definition) is 6. The quantitative estimate of drug-likeness (QED) is 0.143. The van der Waals surface area contributed by atoms with E-state index in [0.717, 1.165) is 12.1 Å². The van der Waals surface area contributed by atoms with Gasteiger partial charge in [0.15, 0.2) is 0 Å². The molecule has 0 atom stereocenters. The summed E-state index contributed by atoms with van der Waals surface area (Å²) in [5.74, 6) is -2.39. The van der Waals surface area contributed by atoms with E-state index in [1.165, 1.54) is 24.3 Å². The van der Waals surface area contributed by atoms with Gasteiger partial charge in [0.25, 0.3) is 20.2 Å². The van der Waals surface area contributed by atoms with Gasteiger partial charge in [-0.15, -0.1) is 0 Å². The van der Waals surface area contributed by atoms with Gasteiger partial charge >= 0.3 is 0 Å². The molecule has 40 heavy (non-hydrogen) atoms. The molecule has 0 unspecified atom stereocenters. The van der Waals surface area contributed by atoms with E-state index >= 15 is 0 Å². The molecule has 0 spiro atoms. The fraction of sp³-hybridized carbons (Fsp3) is 0.182. The number of carbonyl (C=O) groups is 2. The Morgan fingerprint density at radius 1 is 0.700 bits per heavy atom. The van der Waals surface area contributed by atoms with Crippen LogP contribution < -0.4 is 31.6 Å². The third-order valence-corrected chi connectivity index (χ3v) is 7.50. The highest BCUT2D eigenvalue weighted by molar-refractivity contribution is 7.86. The smallest absolute Gasteiger partial charge is 0.298 e. The second-order valence-corrected chi connectivity index (χ2v) is 11.4. The molecule has 1 aliphatic rings. The monoisotopic (exact) mass is 636 g/mol. The number of rotatable bonds is 12. The molecule has 0 fully saturated rings. The van der Waals surface area contributed by atoms with E-state index in [4.69, 9.17) is 44.1 Å². The van der Waals surface area contributed by atoms with Crippen LogP contribution in [0.3, 0.4) is 0 Å². The van der Waals surface area contributed by atoms with E-state index < -0.39 is 63.1 Å². The van der Waals surface area contributed by atoms with Crippen LogP contribution in [-0.4, -0.2) is 63.8 Å². The number of ketones is 2. The predicted molar refractivity (Wildman–Crippen MR) is 145 cm³/mol. The molecule has 216 valence electrons. The van der Waals surface area contributed by atoms with E-state index in [1.54, 1.807) is 0 Å². The summed E-state index contributed by atoms with van der Waals surface area (Å²) in [7, 11) is -9.54. The summed E-state index contributed by atoms with van der Waals surface area (Å²) in [6.07, 6.45) is 0. The van der Waals surface area contributed by atoms with Crippen LogP contribution >= 0.6 is 23.2 Å². The average molecular weight is 637 g/mol. The van der Waals surface area contributed by atoms with Crippen molar-refractivity contribution in [3.8, 4) is 11.5 Å². The number of allylic oxidation sites excluding steroid dienone is 2. The van der Waals surface area contributed by atoms with Crippen LogP contribution in [0.25, 0.3) is 0 Å². The van der Waals surface area contributed by atoms with Crippen LogP contribution in [-0.2, 0) is 29.8 Å². The van der Waals surface area contributed by atoms with Gasteiger partial charge < -0.3 is 31.6 Å². The summed E-state index contributed by atoms with van der Waals surface area (Å²) >= 11 is 12.3. The van der Waals surface area contributed by atoms with E-state index in [2.05, 4.69) is 10.6 Å². The lowest BCUT2D eigenvalue weighted by Gasteiger charge is -2.21. The number of ether oxygens (including phenoxy) is 2. The van der Waals surface area contributed by atoms with Gasteiger partial charge in [-0.05, 0) is 36.4 Å². The summed E-state index contributed by atoms with van der Waals surface area (Å²) < 4.78 is 76.8. The number of benzene rings is 2. The summed E-state index contributed by atoms with van der Waals surface area (Å²) in [5.41, 5.74) is 9.52. The maximum absolute atomic E-state index is 13.0. The van der Waals surface area contributed by atoms with Crippen molar-refractivity contribution >= 4 is 66.4 Å². The Morgan fingerprint density at radius 3 is 1.35 bits per heavy atom. The Kier molecular flexibility index (Phi) is 9.81. The summed E-state index contributed by atoms with van der Waals surface area (Å²) in [6.45, 7) is 0.0262. The topological polar surface area (TPSA) is 237 Å². The summed E-state index contributed by atoms with van der Waals surface area (Å²) in [4.78, 5) is 24.7. The Hall–Kier alpha value is -3.22. The molecular formula is C22H22Cl2N4O10S2. The lowest BCUT2D eigenvalue weighted by Crippen LogP contribution is -2.27. The maximum Gasteiger partial charge on any atom is 0.298 e. The molecule has 8 N–H and O–H groups in total. The highest BCUT2D eigenvalue weighted by Gasteiger charge is 2.34. The minimum absolute atomic E-state index is 0.0510. The molecule has 14 nitrogen and oxygen atoms in total. The minimum atomic E-state index is -4.77. The number of nitrogens with one attached hydrogen (secondary N) is 2. The van der Waals surface area contributed by atoms with Crippen molar-refractivity contribution in [3.05, 3.63) is 57.9 Å². The first-order chi connectivity index (χ1) is 18.7. The van der Waals surface area contributed by atoms with E-state index in [-0.39, 0.29) is 49.2 Å². The maximum atomic E-state index is 13.0. The lowest BCUT2D eigenvalue weighted by molar-refractivity contribution is -0.115. The van der Waals surface area contributed by atoms with Crippen molar-refractivity contribution in [1.82, 2.24) is 0 Å². The minimum Gasteiger partial charge on any atom is -0.491 e. The Bertz CT molecular complexity index is 1520. The molecule has 0 aromatic heterocycles. The van der Waals surface area contributed by atoms with E-state index in [1.807, 2.05) is 0 Å². The largest absolute Gasteiger partial charge is 0.491 e. The third-order valence-electron chi connectivity index (χ3n) is 5.02. The van der Waals surface area contributed by atoms with Crippen LogP contribution in [0.1, 0.15) is 0 Å². The summed E-state index contributed by atoms with van der Waals surface area (Å²) in [6, 6.07) is 6.81. The molecule has 0 saturated heterocycles. The molecule has 2 aromatic rings. The van der Waals surface area contributed by atoms with Crippen LogP contribution in [0.2, 0.25) is 0 Å². The standard InChI is InChI=1S/C22H22Cl2N4O10S2/c23-17-19(27-11-1-3-13(37-7-5-25)15(9-11)39(31,32)33)21(29)18(24)20(22(17)30)28-12-2-4-14(38-8-6-26)16(10-12)40(34,35)36/h1-4,9-10,27-28H,5-8,25-26H2,(H,31,32,33)(H,34,35,36). The van der Waals surface area contributed by atoms with Gasteiger partial charge in [-0.1, -0.05) is 23.2 Å². The number of nitrogens with two attached hydrogens (primary N) is 2. The highest BCUT2D eigenvalue weighted by atomic mass is 35.5. The molecule has 18 heteroatoms. The second-order valence-electron chi connectivity index (χ2n) is 7.83. The average Bonchev–Trinajstić information content (AvgIpc) is 2.89. The number of halogens is 2. The molecule has 2 aromatic carbocycles. The van der Waals surface area contributed by atoms with Gasteiger partial charge in [0, 0.05) is 24.5 Å². The molecule has 3 rings (SSSR count). The molecular weight excluding hydrogens is 615 g/mol. The van der Waals surface area contributed by atoms with Gasteiger partial charge in [-0.2, -0.15) is 16.8 Å². The number of Topliss-reactive ketones (excluding diaryl/α,β-unsaturated/α-hetero) is 2. The van der Waals surface area contributed by atoms with Crippen molar-refractivity contribution in [2.45, 2.75) is 9.79 Å². The van der Waals surface area contributed by atoms with Gasteiger partial charge in [-0.25, -0.2) is 0 Å². The van der Waals surface area contributed by atoms with Gasteiger partial charge in [-0.3, -0.25) is 18.7 Å². The Morgan fingerprint density at radius 2 is 1.05 bits per heavy atom. The molecule has 1 aliphatic carbocycles. The molecule has 0 radical (unpaired) electrons. The molecule has 0 aliphatic heterocycles. The van der Waals surface area contributed by atoms with Crippen LogP contribution in [0.5, 0.6) is 11.5 Å². The predicted octanol–water partition coefficient (Wildman–Crippen LogP) is 1.43. The number of carbonyl (C=O) groups excluding carboxylic acids is 2. The molecule has 0 heterocycles. The molecule has 0 saturated carbocycles. The molecule has 0 bridgehead atoms. The normalized spacial score (nSPS) is 14.4.